The molecule has 1 aromatic carbocycles. The first-order valence-corrected chi connectivity index (χ1v) is 4.08. The van der Waals surface area contributed by atoms with Crippen molar-refractivity contribution in [3.05, 3.63) is 38.4 Å². The number of nitrogens with two attached hydrogens (primary N) is 1. The van der Waals surface area contributed by atoms with E-state index in [0.29, 0.717) is 10.6 Å². The van der Waals surface area contributed by atoms with Gasteiger partial charge in [0.2, 0.25) is 0 Å². The Labute approximate surface area is 80.5 Å². The van der Waals surface area contributed by atoms with Crippen LogP contribution in [-0.4, -0.2) is 4.92 Å². The van der Waals surface area contributed by atoms with Gasteiger partial charge in [0, 0.05) is 12.6 Å². The van der Waals surface area contributed by atoms with E-state index in [9.17, 15) is 10.1 Å². The summed E-state index contributed by atoms with van der Waals surface area (Å²) in [5, 5.41) is 10.9. The summed E-state index contributed by atoms with van der Waals surface area (Å²) < 4.78 is 0. The zero-order chi connectivity index (χ0) is 10.0. The molecule has 0 aliphatic heterocycles. The van der Waals surface area contributed by atoms with Gasteiger partial charge in [-0.15, -0.1) is 0 Å². The standard InChI is InChI=1S/C8H9ClN2O2/c1-5-2-3-7(11(12)13)6(4-10)8(5)9/h2-3H,4,10H2,1H3. The van der Waals surface area contributed by atoms with Gasteiger partial charge in [-0.2, -0.15) is 0 Å². The molecule has 0 unspecified atom stereocenters. The van der Waals surface area contributed by atoms with Crippen LogP contribution in [0.2, 0.25) is 5.02 Å². The van der Waals surface area contributed by atoms with E-state index in [4.69, 9.17) is 17.3 Å². The summed E-state index contributed by atoms with van der Waals surface area (Å²) in [4.78, 5) is 10.1. The van der Waals surface area contributed by atoms with Crippen LogP contribution in [-0.2, 0) is 6.54 Å². The van der Waals surface area contributed by atoms with Crippen LogP contribution in [0.3, 0.4) is 0 Å². The predicted octanol–water partition coefficient (Wildman–Crippen LogP) is 2.02. The Bertz CT molecular complexity index is 352. The molecule has 0 saturated carbocycles. The summed E-state index contributed by atoms with van der Waals surface area (Å²) in [6.45, 7) is 1.86. The summed E-state index contributed by atoms with van der Waals surface area (Å²) in [5.74, 6) is 0. The molecule has 4 nitrogen and oxygen atoms in total. The van der Waals surface area contributed by atoms with Crippen LogP contribution in [0.4, 0.5) is 5.69 Å². The van der Waals surface area contributed by atoms with Gasteiger partial charge in [-0.05, 0) is 12.5 Å². The first-order chi connectivity index (χ1) is 6.07. The first kappa shape index (κ1) is 9.95. The average molecular weight is 201 g/mol. The smallest absolute Gasteiger partial charge is 0.275 e. The quantitative estimate of drug-likeness (QED) is 0.587. The fourth-order valence-electron chi connectivity index (χ4n) is 1.09. The SMILES string of the molecule is Cc1ccc([N+](=O)[O-])c(CN)c1Cl. The topological polar surface area (TPSA) is 69.2 Å². The van der Waals surface area contributed by atoms with Crippen molar-refractivity contribution in [2.45, 2.75) is 13.5 Å². The Morgan fingerprint density at radius 2 is 2.23 bits per heavy atom. The highest BCUT2D eigenvalue weighted by molar-refractivity contribution is 6.32. The number of nitro benzene ring substituents is 1. The minimum Gasteiger partial charge on any atom is -0.326 e. The van der Waals surface area contributed by atoms with E-state index < -0.39 is 4.92 Å². The van der Waals surface area contributed by atoms with Gasteiger partial charge in [-0.1, -0.05) is 17.7 Å². The molecular weight excluding hydrogens is 192 g/mol. The molecule has 0 amide bonds. The van der Waals surface area contributed by atoms with Gasteiger partial charge >= 0.3 is 0 Å². The molecule has 5 heteroatoms. The maximum absolute atomic E-state index is 10.5. The maximum Gasteiger partial charge on any atom is 0.275 e. The van der Waals surface area contributed by atoms with E-state index in [0.717, 1.165) is 5.56 Å². The molecule has 2 N–H and O–H groups in total. The molecule has 0 aliphatic carbocycles. The Kier molecular flexibility index (Phi) is 2.85. The van der Waals surface area contributed by atoms with Gasteiger partial charge in [-0.25, -0.2) is 0 Å². The highest BCUT2D eigenvalue weighted by atomic mass is 35.5. The zero-order valence-electron chi connectivity index (χ0n) is 7.08. The van der Waals surface area contributed by atoms with E-state index in [1.807, 2.05) is 0 Å². The van der Waals surface area contributed by atoms with E-state index in [2.05, 4.69) is 0 Å². The van der Waals surface area contributed by atoms with Crippen LogP contribution in [0, 0.1) is 17.0 Å². The highest BCUT2D eigenvalue weighted by Crippen LogP contribution is 2.28. The molecule has 0 heterocycles. The lowest BCUT2D eigenvalue weighted by molar-refractivity contribution is -0.385. The number of hydrogen-bond donors (Lipinski definition) is 1. The third kappa shape index (κ3) is 1.79. The number of halogens is 1. The van der Waals surface area contributed by atoms with Crippen LogP contribution in [0.5, 0.6) is 0 Å². The van der Waals surface area contributed by atoms with Gasteiger partial charge in [-0.3, -0.25) is 10.1 Å². The molecule has 0 fully saturated rings. The third-order valence-electron chi connectivity index (χ3n) is 1.81. The minimum atomic E-state index is -0.479. The number of nitrogens with zero attached hydrogens (tertiary/aromatic N) is 1. The van der Waals surface area contributed by atoms with Crippen molar-refractivity contribution in [3.8, 4) is 0 Å². The Hall–Kier alpha value is -1.13. The third-order valence-corrected chi connectivity index (χ3v) is 2.34. The van der Waals surface area contributed by atoms with Gasteiger partial charge in [0.1, 0.15) is 0 Å². The van der Waals surface area contributed by atoms with E-state index in [-0.39, 0.29) is 12.2 Å². The van der Waals surface area contributed by atoms with Crippen LogP contribution in [0.25, 0.3) is 0 Å². The van der Waals surface area contributed by atoms with Crippen molar-refractivity contribution in [3.63, 3.8) is 0 Å². The largest absolute Gasteiger partial charge is 0.326 e. The molecule has 13 heavy (non-hydrogen) atoms. The van der Waals surface area contributed by atoms with Gasteiger partial charge in [0.25, 0.3) is 5.69 Å². The molecular formula is C8H9ClN2O2. The molecule has 0 bridgehead atoms. The van der Waals surface area contributed by atoms with E-state index >= 15 is 0 Å². The molecule has 70 valence electrons. The zero-order valence-corrected chi connectivity index (χ0v) is 7.84. The fourth-order valence-corrected chi connectivity index (χ4v) is 1.33. The summed E-state index contributed by atoms with van der Waals surface area (Å²) in [7, 11) is 0. The van der Waals surface area contributed by atoms with Crippen LogP contribution in [0.1, 0.15) is 11.1 Å². The maximum atomic E-state index is 10.5. The Morgan fingerprint density at radius 1 is 1.62 bits per heavy atom. The summed E-state index contributed by atoms with van der Waals surface area (Å²) >= 11 is 5.86. The van der Waals surface area contributed by atoms with Crippen molar-refractivity contribution in [1.29, 1.82) is 0 Å². The lowest BCUT2D eigenvalue weighted by Gasteiger charge is -2.04. The summed E-state index contributed by atoms with van der Waals surface area (Å²) in [6, 6.07) is 3.03. The van der Waals surface area contributed by atoms with Gasteiger partial charge in [0.05, 0.1) is 15.5 Å². The second-order valence-electron chi connectivity index (χ2n) is 2.66. The molecule has 1 aromatic rings. The molecule has 0 saturated heterocycles. The van der Waals surface area contributed by atoms with Crippen LogP contribution in [0.15, 0.2) is 12.1 Å². The second-order valence-corrected chi connectivity index (χ2v) is 3.03. The van der Waals surface area contributed by atoms with Crippen molar-refractivity contribution < 1.29 is 4.92 Å². The van der Waals surface area contributed by atoms with E-state index in [1.54, 1.807) is 13.0 Å². The van der Waals surface area contributed by atoms with Crippen molar-refractivity contribution >= 4 is 17.3 Å². The average Bonchev–Trinajstić information content (AvgIpc) is 2.09. The predicted molar refractivity (Wildman–Crippen MR) is 50.7 cm³/mol. The Balaban J connectivity index is 3.38. The first-order valence-electron chi connectivity index (χ1n) is 3.70. The lowest BCUT2D eigenvalue weighted by atomic mass is 10.1. The highest BCUT2D eigenvalue weighted by Gasteiger charge is 2.16. The van der Waals surface area contributed by atoms with Crippen LogP contribution < -0.4 is 5.73 Å². The monoisotopic (exact) mass is 200 g/mol. The lowest BCUT2D eigenvalue weighted by Crippen LogP contribution is -2.03. The van der Waals surface area contributed by atoms with Crippen LogP contribution >= 0.6 is 11.6 Å². The van der Waals surface area contributed by atoms with Gasteiger partial charge in [0.15, 0.2) is 0 Å². The van der Waals surface area contributed by atoms with Gasteiger partial charge < -0.3 is 5.73 Å². The number of nitro groups is 1. The molecule has 0 aromatic heterocycles. The molecule has 0 aliphatic rings. The minimum absolute atomic E-state index is 0.0156. The van der Waals surface area contributed by atoms with E-state index in [1.165, 1.54) is 6.07 Å². The second kappa shape index (κ2) is 3.72. The molecule has 0 radical (unpaired) electrons. The summed E-state index contributed by atoms with van der Waals surface area (Å²) in [5.41, 5.74) is 6.55. The summed E-state index contributed by atoms with van der Waals surface area (Å²) in [6.07, 6.45) is 0. The molecule has 1 rings (SSSR count). The number of benzene rings is 1. The number of aryl methyl sites for hydroxylation is 1. The van der Waals surface area contributed by atoms with Crippen molar-refractivity contribution in [1.82, 2.24) is 0 Å². The Morgan fingerprint density at radius 3 is 2.69 bits per heavy atom. The molecule has 0 spiro atoms. The fraction of sp³-hybridized carbons (Fsp3) is 0.250. The number of hydrogen-bond acceptors (Lipinski definition) is 3. The van der Waals surface area contributed by atoms with Crippen molar-refractivity contribution in [2.75, 3.05) is 0 Å². The normalized spacial score (nSPS) is 10.1. The molecule has 0 atom stereocenters. The number of rotatable bonds is 2. The van der Waals surface area contributed by atoms with Crippen molar-refractivity contribution in [2.24, 2.45) is 5.73 Å².